The van der Waals surface area contributed by atoms with E-state index < -0.39 is 0 Å². The molecule has 35 heavy (non-hydrogen) atoms. The van der Waals surface area contributed by atoms with Crippen LogP contribution in [0, 0.1) is 5.92 Å². The highest BCUT2D eigenvalue weighted by Crippen LogP contribution is 2.40. The standard InChI is InChI=1S/C28H32N4O3/c33-26(29-20-28(14-4-5-15-28)23-6-2-1-3-7-23)21-8-10-25(11-9-21)32-19-24(18-30-32)31-27(34)22-12-16-35-17-13-22/h1-3,6-11,18-19,22H,4-5,12-17,20H2,(H,29,33)(H,31,34). The molecule has 3 aromatic rings. The number of carbonyl (C=O) groups is 2. The van der Waals surface area contributed by atoms with Crippen LogP contribution in [0.25, 0.3) is 5.69 Å². The van der Waals surface area contributed by atoms with Gasteiger partial charge in [0, 0.05) is 36.7 Å². The number of nitrogens with zero attached hydrogens (tertiary/aromatic N) is 2. The average molecular weight is 473 g/mol. The molecule has 7 heteroatoms. The third-order valence-electron chi connectivity index (χ3n) is 7.37. The topological polar surface area (TPSA) is 85.2 Å². The Hall–Kier alpha value is -3.45. The van der Waals surface area contributed by atoms with Crippen LogP contribution in [0.3, 0.4) is 0 Å². The number of benzene rings is 2. The molecule has 1 aliphatic carbocycles. The highest BCUT2D eigenvalue weighted by Gasteiger charge is 2.35. The Kier molecular flexibility index (Phi) is 6.95. The van der Waals surface area contributed by atoms with Crippen molar-refractivity contribution in [3.05, 3.63) is 78.1 Å². The minimum atomic E-state index is -0.0661. The van der Waals surface area contributed by atoms with Crippen molar-refractivity contribution in [3.8, 4) is 5.69 Å². The van der Waals surface area contributed by atoms with Crippen molar-refractivity contribution in [2.75, 3.05) is 25.1 Å². The zero-order valence-electron chi connectivity index (χ0n) is 19.9. The van der Waals surface area contributed by atoms with Gasteiger partial charge in [-0.25, -0.2) is 4.68 Å². The van der Waals surface area contributed by atoms with Gasteiger partial charge in [0.05, 0.1) is 23.8 Å². The quantitative estimate of drug-likeness (QED) is 0.531. The summed E-state index contributed by atoms with van der Waals surface area (Å²) in [6.45, 7) is 1.90. The van der Waals surface area contributed by atoms with Gasteiger partial charge >= 0.3 is 0 Å². The van der Waals surface area contributed by atoms with E-state index in [1.165, 1.54) is 18.4 Å². The van der Waals surface area contributed by atoms with E-state index in [0.29, 0.717) is 31.0 Å². The highest BCUT2D eigenvalue weighted by atomic mass is 16.5. The third-order valence-corrected chi connectivity index (χ3v) is 7.37. The zero-order chi connectivity index (χ0) is 24.1. The highest BCUT2D eigenvalue weighted by molar-refractivity contribution is 5.94. The molecule has 1 aromatic heterocycles. The third kappa shape index (κ3) is 5.30. The summed E-state index contributed by atoms with van der Waals surface area (Å²) in [6, 6.07) is 17.9. The van der Waals surface area contributed by atoms with Crippen LogP contribution in [0.4, 0.5) is 5.69 Å². The second-order valence-corrected chi connectivity index (χ2v) is 9.63. The average Bonchev–Trinajstić information content (AvgIpc) is 3.59. The Bertz CT molecular complexity index is 1140. The molecule has 1 aliphatic heterocycles. The van der Waals surface area contributed by atoms with E-state index in [1.54, 1.807) is 17.1 Å². The molecule has 2 heterocycles. The van der Waals surface area contributed by atoms with Gasteiger partial charge < -0.3 is 15.4 Å². The molecular formula is C28H32N4O3. The van der Waals surface area contributed by atoms with E-state index in [1.807, 2.05) is 30.3 Å². The first-order chi connectivity index (χ1) is 17.1. The molecular weight excluding hydrogens is 440 g/mol. The van der Waals surface area contributed by atoms with E-state index in [9.17, 15) is 9.59 Å². The molecule has 5 rings (SSSR count). The number of anilines is 1. The Morgan fingerprint density at radius 3 is 2.43 bits per heavy atom. The smallest absolute Gasteiger partial charge is 0.251 e. The van der Waals surface area contributed by atoms with Crippen LogP contribution < -0.4 is 10.6 Å². The lowest BCUT2D eigenvalue weighted by molar-refractivity contribution is -0.122. The Labute approximate surface area is 205 Å². The van der Waals surface area contributed by atoms with Crippen LogP contribution in [-0.4, -0.2) is 41.4 Å². The lowest BCUT2D eigenvalue weighted by Gasteiger charge is -2.30. The van der Waals surface area contributed by atoms with Crippen LogP contribution in [-0.2, 0) is 14.9 Å². The van der Waals surface area contributed by atoms with Crippen molar-refractivity contribution < 1.29 is 14.3 Å². The summed E-state index contributed by atoms with van der Waals surface area (Å²) in [5, 5.41) is 10.5. The Balaban J connectivity index is 1.20. The van der Waals surface area contributed by atoms with E-state index in [2.05, 4.69) is 40.0 Å². The number of aromatic nitrogens is 2. The van der Waals surface area contributed by atoms with Gasteiger partial charge in [0.15, 0.2) is 0 Å². The summed E-state index contributed by atoms with van der Waals surface area (Å²) in [7, 11) is 0. The summed E-state index contributed by atoms with van der Waals surface area (Å²) in [5.41, 5.74) is 3.44. The van der Waals surface area contributed by atoms with E-state index in [-0.39, 0.29) is 23.1 Å². The van der Waals surface area contributed by atoms with E-state index in [0.717, 1.165) is 31.4 Å². The maximum atomic E-state index is 12.9. The van der Waals surface area contributed by atoms with Gasteiger partial charge in [-0.3, -0.25) is 9.59 Å². The van der Waals surface area contributed by atoms with Gasteiger partial charge in [-0.2, -0.15) is 5.10 Å². The Morgan fingerprint density at radius 1 is 1.00 bits per heavy atom. The van der Waals surface area contributed by atoms with Crippen LogP contribution in [0.2, 0.25) is 0 Å². The lowest BCUT2D eigenvalue weighted by atomic mass is 9.79. The van der Waals surface area contributed by atoms with Gasteiger partial charge in [-0.05, 0) is 55.5 Å². The largest absolute Gasteiger partial charge is 0.381 e. The SMILES string of the molecule is O=C(NCC1(c2ccccc2)CCCC1)c1ccc(-n2cc(NC(=O)C3CCOCC3)cn2)cc1. The van der Waals surface area contributed by atoms with Crippen molar-refractivity contribution in [1.29, 1.82) is 0 Å². The molecule has 0 atom stereocenters. The molecule has 0 radical (unpaired) electrons. The molecule has 2 aromatic carbocycles. The van der Waals surface area contributed by atoms with Gasteiger partial charge in [0.1, 0.15) is 0 Å². The molecule has 2 aliphatic rings. The molecule has 7 nitrogen and oxygen atoms in total. The second-order valence-electron chi connectivity index (χ2n) is 9.63. The fourth-order valence-electron chi connectivity index (χ4n) is 5.26. The number of hydrogen-bond donors (Lipinski definition) is 2. The molecule has 0 spiro atoms. The summed E-state index contributed by atoms with van der Waals surface area (Å²) in [5.74, 6) is -0.0748. The first kappa shape index (κ1) is 23.3. The van der Waals surface area contributed by atoms with Crippen LogP contribution >= 0.6 is 0 Å². The number of hydrogen-bond acceptors (Lipinski definition) is 4. The molecule has 1 saturated carbocycles. The summed E-state index contributed by atoms with van der Waals surface area (Å²) in [6.07, 6.45) is 9.51. The molecule has 2 amide bonds. The summed E-state index contributed by atoms with van der Waals surface area (Å²) < 4.78 is 7.03. The molecule has 0 unspecified atom stereocenters. The summed E-state index contributed by atoms with van der Waals surface area (Å²) >= 11 is 0. The maximum Gasteiger partial charge on any atom is 0.251 e. The monoisotopic (exact) mass is 472 g/mol. The molecule has 2 N–H and O–H groups in total. The predicted molar refractivity (Wildman–Crippen MR) is 135 cm³/mol. The van der Waals surface area contributed by atoms with Gasteiger partial charge in [-0.1, -0.05) is 43.2 Å². The predicted octanol–water partition coefficient (Wildman–Crippen LogP) is 4.48. The van der Waals surface area contributed by atoms with Crippen molar-refractivity contribution in [1.82, 2.24) is 15.1 Å². The maximum absolute atomic E-state index is 12.9. The fourth-order valence-corrected chi connectivity index (χ4v) is 5.26. The van der Waals surface area contributed by atoms with E-state index in [4.69, 9.17) is 4.74 Å². The minimum absolute atomic E-state index is 0.00964. The van der Waals surface area contributed by atoms with Crippen molar-refractivity contribution in [2.45, 2.75) is 43.9 Å². The van der Waals surface area contributed by atoms with Gasteiger partial charge in [0.25, 0.3) is 5.91 Å². The second kappa shape index (κ2) is 10.4. The van der Waals surface area contributed by atoms with Crippen LogP contribution in [0.15, 0.2) is 67.0 Å². The van der Waals surface area contributed by atoms with Gasteiger partial charge in [-0.15, -0.1) is 0 Å². The number of ether oxygens (including phenoxy) is 1. The molecule has 2 fully saturated rings. The fraction of sp³-hybridized carbons (Fsp3) is 0.393. The van der Waals surface area contributed by atoms with E-state index >= 15 is 0 Å². The number of nitrogens with one attached hydrogen (secondary N) is 2. The van der Waals surface area contributed by atoms with Gasteiger partial charge in [0.2, 0.25) is 5.91 Å². The van der Waals surface area contributed by atoms with Crippen molar-refractivity contribution in [3.63, 3.8) is 0 Å². The zero-order valence-corrected chi connectivity index (χ0v) is 19.9. The lowest BCUT2D eigenvalue weighted by Crippen LogP contribution is -2.39. The molecule has 1 saturated heterocycles. The number of carbonyl (C=O) groups excluding carboxylic acids is 2. The minimum Gasteiger partial charge on any atom is -0.381 e. The molecule has 0 bridgehead atoms. The number of amides is 2. The van der Waals surface area contributed by atoms with Crippen LogP contribution in [0.5, 0.6) is 0 Å². The van der Waals surface area contributed by atoms with Crippen molar-refractivity contribution in [2.24, 2.45) is 5.92 Å². The van der Waals surface area contributed by atoms with Crippen molar-refractivity contribution >= 4 is 17.5 Å². The normalized spacial score (nSPS) is 17.7. The summed E-state index contributed by atoms with van der Waals surface area (Å²) in [4.78, 5) is 25.4. The van der Waals surface area contributed by atoms with Crippen LogP contribution in [0.1, 0.15) is 54.4 Å². The molecule has 182 valence electrons. The first-order valence-corrected chi connectivity index (χ1v) is 12.5. The number of rotatable bonds is 7. The first-order valence-electron chi connectivity index (χ1n) is 12.5. The Morgan fingerprint density at radius 2 is 1.71 bits per heavy atom.